The molecule has 0 fully saturated rings. The number of benzene rings is 7. The molecule has 5 heteroatoms. The van der Waals surface area contributed by atoms with Crippen molar-refractivity contribution < 1.29 is 0 Å². The zero-order valence-corrected chi connectivity index (χ0v) is 33.6. The normalized spacial score (nSPS) is 11.6. The van der Waals surface area contributed by atoms with Crippen molar-refractivity contribution in [3.8, 4) is 67.4 Å². The molecular formula is C56H34N4S. The minimum Gasteiger partial charge on any atom is -0.255 e. The molecule has 5 aromatic heterocycles. The summed E-state index contributed by atoms with van der Waals surface area (Å²) in [6.07, 6.45) is 3.61. The summed E-state index contributed by atoms with van der Waals surface area (Å²) in [5, 5.41) is 8.62. The molecular weight excluding hydrogens is 761 g/mol. The van der Waals surface area contributed by atoms with E-state index in [-0.39, 0.29) is 0 Å². The number of pyridine rings is 4. The van der Waals surface area contributed by atoms with Gasteiger partial charge < -0.3 is 0 Å². The Kier molecular flexibility index (Phi) is 8.32. The Balaban J connectivity index is 1.02. The van der Waals surface area contributed by atoms with Crippen LogP contribution in [0.3, 0.4) is 0 Å². The molecule has 0 amide bonds. The molecule has 0 aliphatic rings. The molecule has 0 unspecified atom stereocenters. The standard InChI is InChI=1S/C56H34N4S/c1-2-19-41-39(14-1)32-46(44-21-4-3-20-43(41)44)55-56-54(45-22-5-6-27-52(45)61-56)53-42(23-13-26-49(53)60-55)38-18-12-16-36(31-38)35-15-11-17-37(30-35)40-33-50(47-24-7-9-28-57-47)59-51(34-40)48-25-8-10-29-58-48/h1-34H. The van der Waals surface area contributed by atoms with Crippen molar-refractivity contribution in [1.29, 1.82) is 0 Å². The molecule has 12 rings (SSSR count). The molecule has 61 heavy (non-hydrogen) atoms. The largest absolute Gasteiger partial charge is 0.255 e. The van der Waals surface area contributed by atoms with Crippen LogP contribution >= 0.6 is 11.3 Å². The van der Waals surface area contributed by atoms with Crippen molar-refractivity contribution in [2.45, 2.75) is 0 Å². The van der Waals surface area contributed by atoms with Crippen LogP contribution < -0.4 is 0 Å². The highest BCUT2D eigenvalue weighted by molar-refractivity contribution is 7.26. The highest BCUT2D eigenvalue weighted by Crippen LogP contribution is 2.47. The Morgan fingerprint density at radius 1 is 0.344 bits per heavy atom. The molecule has 0 saturated carbocycles. The van der Waals surface area contributed by atoms with Gasteiger partial charge in [0.2, 0.25) is 0 Å². The van der Waals surface area contributed by atoms with Crippen molar-refractivity contribution >= 4 is 64.0 Å². The van der Waals surface area contributed by atoms with Gasteiger partial charge in [-0.2, -0.15) is 0 Å². The number of rotatable bonds is 6. The van der Waals surface area contributed by atoms with Crippen LogP contribution in [0.25, 0.3) is 120 Å². The predicted molar refractivity (Wildman–Crippen MR) is 256 cm³/mol. The molecule has 12 aromatic rings. The SMILES string of the molecule is c1ccc(-c2cc(-c3cccc(-c4cccc(-c5cccc6nc(-c7cc8ccccc8c8ccccc78)c7sc8ccccc8c7c56)c4)c3)cc(-c3ccccn3)n2)nc1. The summed E-state index contributed by atoms with van der Waals surface area (Å²) in [5.41, 5.74) is 13.2. The Labute approximate surface area is 356 Å². The lowest BCUT2D eigenvalue weighted by molar-refractivity contribution is 1.22. The second kappa shape index (κ2) is 14.5. The van der Waals surface area contributed by atoms with Crippen LogP contribution in [0.5, 0.6) is 0 Å². The fourth-order valence-electron chi connectivity index (χ4n) is 8.93. The maximum Gasteiger partial charge on any atom is 0.0900 e. The lowest BCUT2D eigenvalue weighted by Crippen LogP contribution is -1.94. The Morgan fingerprint density at radius 3 is 1.66 bits per heavy atom. The van der Waals surface area contributed by atoms with Gasteiger partial charge in [-0.05, 0) is 122 Å². The fraction of sp³-hybridized carbons (Fsp3) is 0. The first kappa shape index (κ1) is 35.1. The summed E-state index contributed by atoms with van der Waals surface area (Å²) in [5.74, 6) is 0. The van der Waals surface area contributed by atoms with E-state index in [4.69, 9.17) is 9.97 Å². The summed E-state index contributed by atoms with van der Waals surface area (Å²) in [6.45, 7) is 0. The van der Waals surface area contributed by atoms with E-state index in [9.17, 15) is 0 Å². The van der Waals surface area contributed by atoms with E-state index in [1.54, 1.807) is 12.4 Å². The second-order valence-corrected chi connectivity index (χ2v) is 16.4. The highest BCUT2D eigenvalue weighted by atomic mass is 32.1. The van der Waals surface area contributed by atoms with E-state index in [1.807, 2.05) is 47.7 Å². The second-order valence-electron chi connectivity index (χ2n) is 15.4. The van der Waals surface area contributed by atoms with E-state index in [2.05, 4.69) is 168 Å². The van der Waals surface area contributed by atoms with Crippen LogP contribution in [0.1, 0.15) is 0 Å². The van der Waals surface area contributed by atoms with Gasteiger partial charge in [-0.1, -0.05) is 127 Å². The maximum atomic E-state index is 5.59. The Hall–Kier alpha value is -7.86. The van der Waals surface area contributed by atoms with Gasteiger partial charge >= 0.3 is 0 Å². The van der Waals surface area contributed by atoms with Crippen molar-refractivity contribution in [2.75, 3.05) is 0 Å². The number of nitrogens with zero attached hydrogens (tertiary/aromatic N) is 4. The van der Waals surface area contributed by atoms with Gasteiger partial charge in [0.25, 0.3) is 0 Å². The first-order valence-corrected chi connectivity index (χ1v) is 21.3. The van der Waals surface area contributed by atoms with Gasteiger partial charge in [-0.15, -0.1) is 11.3 Å². The molecule has 0 atom stereocenters. The third-order valence-electron chi connectivity index (χ3n) is 11.7. The van der Waals surface area contributed by atoms with E-state index in [0.717, 1.165) is 67.4 Å². The van der Waals surface area contributed by atoms with Crippen LogP contribution in [0.2, 0.25) is 0 Å². The lowest BCUT2D eigenvalue weighted by Gasteiger charge is -2.15. The van der Waals surface area contributed by atoms with Crippen molar-refractivity contribution in [1.82, 2.24) is 19.9 Å². The zero-order chi connectivity index (χ0) is 40.3. The first-order chi connectivity index (χ1) is 30.2. The molecule has 0 aliphatic carbocycles. The summed E-state index contributed by atoms with van der Waals surface area (Å²) in [4.78, 5) is 19.9. The molecule has 0 radical (unpaired) electrons. The number of fused-ring (bicyclic) bond motifs is 8. The molecule has 0 spiro atoms. The number of aromatic nitrogens is 4. The van der Waals surface area contributed by atoms with Crippen LogP contribution in [0, 0.1) is 0 Å². The average molecular weight is 795 g/mol. The van der Waals surface area contributed by atoms with Crippen molar-refractivity contribution in [3.05, 3.63) is 207 Å². The molecule has 0 aliphatic heterocycles. The van der Waals surface area contributed by atoms with Gasteiger partial charge in [0, 0.05) is 38.8 Å². The zero-order valence-electron chi connectivity index (χ0n) is 32.8. The number of hydrogen-bond donors (Lipinski definition) is 0. The van der Waals surface area contributed by atoms with Crippen molar-refractivity contribution in [3.63, 3.8) is 0 Å². The quantitative estimate of drug-likeness (QED) is 0.157. The Morgan fingerprint density at radius 2 is 0.934 bits per heavy atom. The average Bonchev–Trinajstić information content (AvgIpc) is 3.74. The monoisotopic (exact) mass is 794 g/mol. The van der Waals surface area contributed by atoms with Gasteiger partial charge in [-0.3, -0.25) is 9.97 Å². The fourth-order valence-corrected chi connectivity index (χ4v) is 10.1. The molecule has 0 saturated heterocycles. The maximum absolute atomic E-state index is 5.59. The first-order valence-electron chi connectivity index (χ1n) is 20.4. The van der Waals surface area contributed by atoms with Crippen molar-refractivity contribution in [2.24, 2.45) is 0 Å². The van der Waals surface area contributed by atoms with Crippen LogP contribution in [-0.2, 0) is 0 Å². The molecule has 0 N–H and O–H groups in total. The van der Waals surface area contributed by atoms with E-state index >= 15 is 0 Å². The summed E-state index contributed by atoms with van der Waals surface area (Å²) in [7, 11) is 0. The van der Waals surface area contributed by atoms with Crippen LogP contribution in [0.4, 0.5) is 0 Å². The van der Waals surface area contributed by atoms with Crippen LogP contribution in [-0.4, -0.2) is 19.9 Å². The molecule has 4 nitrogen and oxygen atoms in total. The molecule has 7 aromatic carbocycles. The highest BCUT2D eigenvalue weighted by Gasteiger charge is 2.21. The molecule has 284 valence electrons. The smallest absolute Gasteiger partial charge is 0.0900 e. The third kappa shape index (κ3) is 6.05. The van der Waals surface area contributed by atoms with Gasteiger partial charge in [0.1, 0.15) is 0 Å². The Bertz CT molecular complexity index is 3590. The summed E-state index contributed by atoms with van der Waals surface area (Å²) >= 11 is 1.84. The van der Waals surface area contributed by atoms with Gasteiger partial charge in [0.05, 0.1) is 38.7 Å². The topological polar surface area (TPSA) is 51.6 Å². The minimum atomic E-state index is 0.806. The number of hydrogen-bond acceptors (Lipinski definition) is 5. The third-order valence-corrected chi connectivity index (χ3v) is 12.9. The summed E-state index contributed by atoms with van der Waals surface area (Å²) < 4.78 is 2.46. The van der Waals surface area contributed by atoms with Gasteiger partial charge in [0.15, 0.2) is 0 Å². The van der Waals surface area contributed by atoms with E-state index < -0.39 is 0 Å². The van der Waals surface area contributed by atoms with E-state index in [0.29, 0.717) is 0 Å². The molecule has 0 bridgehead atoms. The summed E-state index contributed by atoms with van der Waals surface area (Å²) in [6, 6.07) is 69.0. The molecule has 5 heterocycles. The van der Waals surface area contributed by atoms with Crippen LogP contribution in [0.15, 0.2) is 207 Å². The van der Waals surface area contributed by atoms with E-state index in [1.165, 1.54) is 52.7 Å². The minimum absolute atomic E-state index is 0.806. The predicted octanol–water partition coefficient (Wildman–Crippen LogP) is 15.1. The number of thiophene rings is 1. The lowest BCUT2D eigenvalue weighted by atomic mass is 9.91. The van der Waals surface area contributed by atoms with Gasteiger partial charge in [-0.25, -0.2) is 9.97 Å².